The molecule has 0 aliphatic rings. The second-order valence-corrected chi connectivity index (χ2v) is 6.43. The molecule has 0 fully saturated rings. The first-order valence-electron chi connectivity index (χ1n) is 6.75. The third-order valence-corrected chi connectivity index (χ3v) is 3.75. The Morgan fingerprint density at radius 2 is 1.60 bits per heavy atom. The zero-order chi connectivity index (χ0) is 14.8. The van der Waals surface area contributed by atoms with Gasteiger partial charge in [0.15, 0.2) is 5.78 Å². The van der Waals surface area contributed by atoms with Gasteiger partial charge in [-0.1, -0.05) is 74.8 Å². The van der Waals surface area contributed by atoms with Crippen LogP contribution in [0.3, 0.4) is 0 Å². The Bertz CT molecular complexity index is 606. The van der Waals surface area contributed by atoms with Crippen LogP contribution in [-0.4, -0.2) is 5.78 Å². The number of carbonyl (C=O) groups excluding carboxylic acids is 1. The molecule has 0 saturated carbocycles. The average molecular weight is 287 g/mol. The molecule has 20 heavy (non-hydrogen) atoms. The van der Waals surface area contributed by atoms with Crippen molar-refractivity contribution in [2.75, 3.05) is 0 Å². The SMILES string of the molecule is CC(C)(C)c1ccc(C(=O)Cc2ccccc2Cl)cc1. The number of benzene rings is 2. The monoisotopic (exact) mass is 286 g/mol. The molecule has 0 spiro atoms. The topological polar surface area (TPSA) is 17.1 Å². The Morgan fingerprint density at radius 3 is 2.15 bits per heavy atom. The van der Waals surface area contributed by atoms with E-state index in [1.807, 2.05) is 48.5 Å². The van der Waals surface area contributed by atoms with E-state index < -0.39 is 0 Å². The maximum Gasteiger partial charge on any atom is 0.167 e. The summed E-state index contributed by atoms with van der Waals surface area (Å²) in [5.41, 5.74) is 2.94. The van der Waals surface area contributed by atoms with Crippen molar-refractivity contribution in [3.63, 3.8) is 0 Å². The Balaban J connectivity index is 2.16. The number of hydrogen-bond donors (Lipinski definition) is 0. The molecule has 0 saturated heterocycles. The van der Waals surface area contributed by atoms with Crippen LogP contribution in [0.5, 0.6) is 0 Å². The van der Waals surface area contributed by atoms with E-state index in [4.69, 9.17) is 11.6 Å². The fourth-order valence-electron chi connectivity index (χ4n) is 2.07. The normalized spacial score (nSPS) is 11.4. The van der Waals surface area contributed by atoms with Gasteiger partial charge in [0.05, 0.1) is 0 Å². The Morgan fingerprint density at radius 1 is 1.00 bits per heavy atom. The molecule has 2 aromatic carbocycles. The van der Waals surface area contributed by atoms with Gasteiger partial charge < -0.3 is 0 Å². The predicted octanol–water partition coefficient (Wildman–Crippen LogP) is 5.06. The van der Waals surface area contributed by atoms with Gasteiger partial charge in [0, 0.05) is 17.0 Å². The van der Waals surface area contributed by atoms with Crippen molar-refractivity contribution in [3.8, 4) is 0 Å². The summed E-state index contributed by atoms with van der Waals surface area (Å²) >= 11 is 6.09. The molecule has 1 nitrogen and oxygen atoms in total. The zero-order valence-electron chi connectivity index (χ0n) is 12.1. The van der Waals surface area contributed by atoms with Crippen LogP contribution in [-0.2, 0) is 11.8 Å². The number of halogens is 1. The Kier molecular flexibility index (Phi) is 4.29. The lowest BCUT2D eigenvalue weighted by Gasteiger charge is -2.19. The lowest BCUT2D eigenvalue weighted by atomic mass is 9.86. The molecule has 0 N–H and O–H groups in total. The van der Waals surface area contributed by atoms with E-state index in [0.717, 1.165) is 11.1 Å². The molecule has 104 valence electrons. The molecular weight excluding hydrogens is 268 g/mol. The minimum Gasteiger partial charge on any atom is -0.294 e. The number of carbonyl (C=O) groups is 1. The molecule has 0 unspecified atom stereocenters. The minimum atomic E-state index is 0.0959. The zero-order valence-corrected chi connectivity index (χ0v) is 12.9. The second-order valence-electron chi connectivity index (χ2n) is 6.02. The third kappa shape index (κ3) is 3.49. The molecule has 2 heteroatoms. The molecule has 0 aliphatic carbocycles. The van der Waals surface area contributed by atoms with Gasteiger partial charge in [-0.15, -0.1) is 0 Å². The molecule has 0 heterocycles. The molecule has 0 atom stereocenters. The van der Waals surface area contributed by atoms with Gasteiger partial charge in [-0.05, 0) is 22.6 Å². The first kappa shape index (κ1) is 14.8. The average Bonchev–Trinajstić information content (AvgIpc) is 2.40. The van der Waals surface area contributed by atoms with Gasteiger partial charge in [0.1, 0.15) is 0 Å². The van der Waals surface area contributed by atoms with Crippen molar-refractivity contribution >= 4 is 17.4 Å². The molecule has 2 aromatic rings. The van der Waals surface area contributed by atoms with Gasteiger partial charge in [-0.25, -0.2) is 0 Å². The van der Waals surface area contributed by atoms with Crippen molar-refractivity contribution in [2.24, 2.45) is 0 Å². The fourth-order valence-corrected chi connectivity index (χ4v) is 2.28. The van der Waals surface area contributed by atoms with Gasteiger partial charge in [0.2, 0.25) is 0 Å². The van der Waals surface area contributed by atoms with Crippen molar-refractivity contribution < 1.29 is 4.79 Å². The molecule has 0 aromatic heterocycles. The summed E-state index contributed by atoms with van der Waals surface area (Å²) in [5, 5.41) is 0.646. The summed E-state index contributed by atoms with van der Waals surface area (Å²) in [6, 6.07) is 15.3. The lowest BCUT2D eigenvalue weighted by Crippen LogP contribution is -2.11. The maximum absolute atomic E-state index is 12.3. The quantitative estimate of drug-likeness (QED) is 0.721. The molecule has 0 aliphatic heterocycles. The van der Waals surface area contributed by atoms with Crippen LogP contribution < -0.4 is 0 Å². The summed E-state index contributed by atoms with van der Waals surface area (Å²) < 4.78 is 0. The highest BCUT2D eigenvalue weighted by molar-refractivity contribution is 6.31. The first-order chi connectivity index (χ1) is 9.38. The Hall–Kier alpha value is -1.60. The van der Waals surface area contributed by atoms with E-state index in [9.17, 15) is 4.79 Å². The standard InChI is InChI=1S/C18H19ClO/c1-18(2,3)15-10-8-13(9-11-15)17(20)12-14-6-4-5-7-16(14)19/h4-11H,12H2,1-3H3. The smallest absolute Gasteiger partial charge is 0.167 e. The number of rotatable bonds is 3. The van der Waals surface area contributed by atoms with E-state index >= 15 is 0 Å². The van der Waals surface area contributed by atoms with Gasteiger partial charge in [0.25, 0.3) is 0 Å². The number of ketones is 1. The summed E-state index contributed by atoms with van der Waals surface area (Å²) in [5.74, 6) is 0.0959. The predicted molar refractivity (Wildman–Crippen MR) is 84.6 cm³/mol. The number of Topliss-reactive ketones (excluding diaryl/α,β-unsaturated/α-hetero) is 1. The molecule has 0 radical (unpaired) electrons. The van der Waals surface area contributed by atoms with Crippen LogP contribution in [0.1, 0.15) is 42.3 Å². The van der Waals surface area contributed by atoms with Crippen molar-refractivity contribution in [2.45, 2.75) is 32.6 Å². The minimum absolute atomic E-state index is 0.0959. The van der Waals surface area contributed by atoms with Crippen LogP contribution in [0.4, 0.5) is 0 Å². The lowest BCUT2D eigenvalue weighted by molar-refractivity contribution is 0.0993. The first-order valence-corrected chi connectivity index (χ1v) is 7.13. The van der Waals surface area contributed by atoms with Gasteiger partial charge >= 0.3 is 0 Å². The van der Waals surface area contributed by atoms with Gasteiger partial charge in [-0.2, -0.15) is 0 Å². The Labute approximate surface area is 125 Å². The highest BCUT2D eigenvalue weighted by atomic mass is 35.5. The van der Waals surface area contributed by atoms with Crippen molar-refractivity contribution in [3.05, 3.63) is 70.2 Å². The fraction of sp³-hybridized carbons (Fsp3) is 0.278. The highest BCUT2D eigenvalue weighted by Gasteiger charge is 2.14. The third-order valence-electron chi connectivity index (χ3n) is 3.38. The number of hydrogen-bond acceptors (Lipinski definition) is 1. The largest absolute Gasteiger partial charge is 0.294 e. The van der Waals surface area contributed by atoms with E-state index in [1.54, 1.807) is 0 Å². The van der Waals surface area contributed by atoms with Crippen LogP contribution >= 0.6 is 11.6 Å². The van der Waals surface area contributed by atoms with Crippen LogP contribution in [0, 0.1) is 0 Å². The molecule has 0 amide bonds. The maximum atomic E-state index is 12.3. The summed E-state index contributed by atoms with van der Waals surface area (Å²) in [7, 11) is 0. The van der Waals surface area contributed by atoms with Crippen molar-refractivity contribution in [1.82, 2.24) is 0 Å². The van der Waals surface area contributed by atoms with E-state index in [1.165, 1.54) is 5.56 Å². The van der Waals surface area contributed by atoms with E-state index in [0.29, 0.717) is 11.4 Å². The summed E-state index contributed by atoms with van der Waals surface area (Å²) in [4.78, 5) is 12.3. The molecule has 0 bridgehead atoms. The molecular formula is C18H19ClO. The van der Waals surface area contributed by atoms with Crippen LogP contribution in [0.2, 0.25) is 5.02 Å². The highest BCUT2D eigenvalue weighted by Crippen LogP contribution is 2.23. The van der Waals surface area contributed by atoms with Crippen LogP contribution in [0.15, 0.2) is 48.5 Å². The summed E-state index contributed by atoms with van der Waals surface area (Å²) in [6.07, 6.45) is 0.342. The second kappa shape index (κ2) is 5.80. The van der Waals surface area contributed by atoms with E-state index in [-0.39, 0.29) is 11.2 Å². The van der Waals surface area contributed by atoms with Gasteiger partial charge in [-0.3, -0.25) is 4.79 Å². The molecule has 2 rings (SSSR count). The van der Waals surface area contributed by atoms with E-state index in [2.05, 4.69) is 20.8 Å². The summed E-state index contributed by atoms with van der Waals surface area (Å²) in [6.45, 7) is 6.48. The van der Waals surface area contributed by atoms with Crippen molar-refractivity contribution in [1.29, 1.82) is 0 Å². The van der Waals surface area contributed by atoms with Crippen LogP contribution in [0.25, 0.3) is 0 Å².